The summed E-state index contributed by atoms with van der Waals surface area (Å²) in [5.41, 5.74) is 5.35. The van der Waals surface area contributed by atoms with Gasteiger partial charge < -0.3 is 15.5 Å². The highest BCUT2D eigenvalue weighted by atomic mass is 19.1. The molecule has 0 spiro atoms. The third kappa shape index (κ3) is 2.36. The number of hydrogen-bond acceptors (Lipinski definition) is 4. The number of nitrogens with zero attached hydrogens (tertiary/aromatic N) is 3. The molecular weight excluding hydrogens is 223 g/mol. The van der Waals surface area contributed by atoms with Crippen molar-refractivity contribution in [2.45, 2.75) is 0 Å². The molecule has 0 saturated carbocycles. The van der Waals surface area contributed by atoms with Crippen molar-refractivity contribution in [3.05, 3.63) is 23.6 Å². The summed E-state index contributed by atoms with van der Waals surface area (Å²) in [4.78, 5) is 19.4. The Morgan fingerprint density at radius 1 is 1.41 bits per heavy atom. The second kappa shape index (κ2) is 4.67. The minimum atomic E-state index is -0.726. The molecule has 0 atom stereocenters. The molecule has 5 nitrogen and oxygen atoms in total. The molecule has 1 aromatic rings. The maximum absolute atomic E-state index is 13.6. The van der Waals surface area contributed by atoms with E-state index in [2.05, 4.69) is 9.88 Å². The molecule has 17 heavy (non-hydrogen) atoms. The Balaban J connectivity index is 2.17. The van der Waals surface area contributed by atoms with Crippen LogP contribution in [0.3, 0.4) is 0 Å². The van der Waals surface area contributed by atoms with Gasteiger partial charge in [0.25, 0.3) is 5.91 Å². The van der Waals surface area contributed by atoms with E-state index in [1.54, 1.807) is 4.90 Å². The van der Waals surface area contributed by atoms with Gasteiger partial charge in [-0.1, -0.05) is 0 Å². The van der Waals surface area contributed by atoms with E-state index >= 15 is 0 Å². The lowest BCUT2D eigenvalue weighted by Crippen LogP contribution is -2.47. The number of nitrogens with two attached hydrogens (primary N) is 1. The Morgan fingerprint density at radius 3 is 2.71 bits per heavy atom. The quantitative estimate of drug-likeness (QED) is 0.758. The topological polar surface area (TPSA) is 62.5 Å². The van der Waals surface area contributed by atoms with Gasteiger partial charge in [0.2, 0.25) is 0 Å². The van der Waals surface area contributed by atoms with Crippen LogP contribution in [0.5, 0.6) is 0 Å². The third-order valence-corrected chi connectivity index (χ3v) is 2.94. The van der Waals surface area contributed by atoms with E-state index in [1.165, 1.54) is 12.3 Å². The molecule has 6 heteroatoms. The van der Waals surface area contributed by atoms with Gasteiger partial charge in [-0.2, -0.15) is 0 Å². The molecule has 2 N–H and O–H groups in total. The normalized spacial score (nSPS) is 17.2. The number of rotatable bonds is 1. The fourth-order valence-electron chi connectivity index (χ4n) is 1.80. The molecule has 0 unspecified atom stereocenters. The first kappa shape index (κ1) is 11.8. The zero-order chi connectivity index (χ0) is 12.4. The van der Waals surface area contributed by atoms with E-state index in [9.17, 15) is 9.18 Å². The predicted octanol–water partition coefficient (Wildman–Crippen LogP) is 0.190. The van der Waals surface area contributed by atoms with E-state index in [1.807, 2.05) is 7.05 Å². The summed E-state index contributed by atoms with van der Waals surface area (Å²) in [7, 11) is 1.99. The fourth-order valence-corrected chi connectivity index (χ4v) is 1.80. The van der Waals surface area contributed by atoms with E-state index in [0.717, 1.165) is 13.1 Å². The number of piperazine rings is 1. The average Bonchev–Trinajstić information content (AvgIpc) is 2.33. The number of nitrogen functional groups attached to an aromatic ring is 1. The lowest BCUT2D eigenvalue weighted by Gasteiger charge is -2.32. The van der Waals surface area contributed by atoms with Crippen molar-refractivity contribution in [3.8, 4) is 0 Å². The first-order valence-corrected chi connectivity index (χ1v) is 5.47. The van der Waals surface area contributed by atoms with E-state index in [-0.39, 0.29) is 17.3 Å². The fraction of sp³-hybridized carbons (Fsp3) is 0.455. The maximum atomic E-state index is 13.6. The Morgan fingerprint density at radius 2 is 2.06 bits per heavy atom. The van der Waals surface area contributed by atoms with Gasteiger partial charge in [-0.05, 0) is 13.1 Å². The molecule has 1 saturated heterocycles. The predicted molar refractivity (Wildman–Crippen MR) is 62.0 cm³/mol. The van der Waals surface area contributed by atoms with Crippen LogP contribution >= 0.6 is 0 Å². The summed E-state index contributed by atoms with van der Waals surface area (Å²) < 4.78 is 13.6. The summed E-state index contributed by atoms with van der Waals surface area (Å²) in [6.07, 6.45) is 1.35. The molecule has 0 aliphatic carbocycles. The number of pyridine rings is 1. The van der Waals surface area contributed by atoms with Gasteiger partial charge in [-0.25, -0.2) is 9.37 Å². The average molecular weight is 238 g/mol. The van der Waals surface area contributed by atoms with Gasteiger partial charge in [-0.15, -0.1) is 0 Å². The number of halogens is 1. The van der Waals surface area contributed by atoms with Crippen LogP contribution in [-0.4, -0.2) is 53.9 Å². The molecule has 1 aliphatic heterocycles. The molecule has 0 bridgehead atoms. The summed E-state index contributed by atoms with van der Waals surface area (Å²) in [5, 5.41) is 0. The molecule has 92 valence electrons. The second-order valence-electron chi connectivity index (χ2n) is 4.15. The zero-order valence-electron chi connectivity index (χ0n) is 9.69. The van der Waals surface area contributed by atoms with Crippen molar-refractivity contribution in [2.75, 3.05) is 39.0 Å². The number of carbonyl (C=O) groups excluding carboxylic acids is 1. The molecular formula is C11H15FN4O. The summed E-state index contributed by atoms with van der Waals surface area (Å²) in [6.45, 7) is 2.82. The minimum absolute atomic E-state index is 0.00190. The van der Waals surface area contributed by atoms with Gasteiger partial charge in [0.15, 0.2) is 11.6 Å². The first-order valence-electron chi connectivity index (χ1n) is 5.47. The maximum Gasteiger partial charge on any atom is 0.257 e. The highest BCUT2D eigenvalue weighted by Crippen LogP contribution is 2.15. The number of aromatic nitrogens is 1. The van der Waals surface area contributed by atoms with E-state index in [4.69, 9.17) is 5.73 Å². The van der Waals surface area contributed by atoms with Crippen LogP contribution in [0.2, 0.25) is 0 Å². The number of likely N-dealkylation sites (N-methyl/N-ethyl adjacent to an activating group) is 1. The number of carbonyl (C=O) groups is 1. The highest BCUT2D eigenvalue weighted by Gasteiger charge is 2.23. The van der Waals surface area contributed by atoms with Crippen LogP contribution in [0.15, 0.2) is 12.3 Å². The van der Waals surface area contributed by atoms with Crippen molar-refractivity contribution >= 4 is 11.7 Å². The van der Waals surface area contributed by atoms with Crippen LogP contribution in [0.25, 0.3) is 0 Å². The van der Waals surface area contributed by atoms with Crippen LogP contribution in [0, 0.1) is 5.82 Å². The Hall–Kier alpha value is -1.69. The van der Waals surface area contributed by atoms with Crippen molar-refractivity contribution in [1.82, 2.24) is 14.8 Å². The first-order chi connectivity index (χ1) is 8.09. The lowest BCUT2D eigenvalue weighted by atomic mass is 10.2. The standard InChI is InChI=1S/C11H15FN4O/c1-15-4-6-16(7-5-15)11(17)8-2-3-14-10(13)9(8)12/h2-3H,4-7H2,1H3,(H2,13,14). The number of anilines is 1. The minimum Gasteiger partial charge on any atom is -0.381 e. The van der Waals surface area contributed by atoms with Gasteiger partial charge in [-0.3, -0.25) is 4.79 Å². The van der Waals surface area contributed by atoms with Gasteiger partial charge in [0, 0.05) is 32.4 Å². The molecule has 2 heterocycles. The molecule has 0 radical (unpaired) electrons. The summed E-state index contributed by atoms with van der Waals surface area (Å²) >= 11 is 0. The zero-order valence-corrected chi connectivity index (χ0v) is 9.69. The second-order valence-corrected chi connectivity index (χ2v) is 4.15. The Kier molecular flexibility index (Phi) is 3.23. The van der Waals surface area contributed by atoms with Crippen molar-refractivity contribution in [1.29, 1.82) is 0 Å². The third-order valence-electron chi connectivity index (χ3n) is 2.94. The smallest absolute Gasteiger partial charge is 0.257 e. The van der Waals surface area contributed by atoms with Crippen molar-refractivity contribution < 1.29 is 9.18 Å². The monoisotopic (exact) mass is 238 g/mol. The van der Waals surface area contributed by atoms with Crippen LogP contribution in [0.4, 0.5) is 10.2 Å². The van der Waals surface area contributed by atoms with E-state index in [0.29, 0.717) is 13.1 Å². The molecule has 1 aromatic heterocycles. The lowest BCUT2D eigenvalue weighted by molar-refractivity contribution is 0.0659. The summed E-state index contributed by atoms with van der Waals surface area (Å²) in [6, 6.07) is 1.37. The Bertz CT molecular complexity index is 429. The van der Waals surface area contributed by atoms with Crippen LogP contribution in [-0.2, 0) is 0 Å². The van der Waals surface area contributed by atoms with Crippen molar-refractivity contribution in [2.24, 2.45) is 0 Å². The van der Waals surface area contributed by atoms with Crippen LogP contribution in [0.1, 0.15) is 10.4 Å². The molecule has 1 fully saturated rings. The molecule has 0 aromatic carbocycles. The highest BCUT2D eigenvalue weighted by molar-refractivity contribution is 5.95. The van der Waals surface area contributed by atoms with E-state index < -0.39 is 5.82 Å². The van der Waals surface area contributed by atoms with Gasteiger partial charge in [0.1, 0.15) is 0 Å². The van der Waals surface area contributed by atoms with Crippen LogP contribution < -0.4 is 5.73 Å². The largest absolute Gasteiger partial charge is 0.381 e. The molecule has 1 amide bonds. The Labute approximate surface area is 99.0 Å². The number of amides is 1. The summed E-state index contributed by atoms with van der Waals surface area (Å²) in [5.74, 6) is -1.27. The van der Waals surface area contributed by atoms with Crippen molar-refractivity contribution in [3.63, 3.8) is 0 Å². The molecule has 1 aliphatic rings. The number of hydrogen-bond donors (Lipinski definition) is 1. The molecule has 2 rings (SSSR count). The van der Waals surface area contributed by atoms with Gasteiger partial charge in [0.05, 0.1) is 5.56 Å². The SMILES string of the molecule is CN1CCN(C(=O)c2ccnc(N)c2F)CC1. The van der Waals surface area contributed by atoms with Gasteiger partial charge >= 0.3 is 0 Å².